The first kappa shape index (κ1) is 23.9. The van der Waals surface area contributed by atoms with Crippen LogP contribution in [0.2, 0.25) is 5.02 Å². The van der Waals surface area contributed by atoms with E-state index < -0.39 is 15.9 Å². The number of hydrogen-bond donors (Lipinski definition) is 2. The summed E-state index contributed by atoms with van der Waals surface area (Å²) in [6.45, 7) is 5.72. The number of hydrogen-bond acceptors (Lipinski definition) is 6. The Morgan fingerprint density at radius 3 is 2.32 bits per heavy atom. The van der Waals surface area contributed by atoms with Gasteiger partial charge in [0.1, 0.15) is 9.90 Å². The van der Waals surface area contributed by atoms with Crippen LogP contribution in [0.4, 0.5) is 10.8 Å². The largest absolute Gasteiger partial charge is 0.296 e. The van der Waals surface area contributed by atoms with Crippen molar-refractivity contribution in [1.29, 1.82) is 0 Å². The Bertz CT molecular complexity index is 1480. The van der Waals surface area contributed by atoms with Crippen molar-refractivity contribution in [2.75, 3.05) is 10.0 Å². The van der Waals surface area contributed by atoms with Crippen molar-refractivity contribution >= 4 is 49.7 Å². The molecule has 10 heteroatoms. The average Bonchev–Trinajstić information content (AvgIpc) is 3.24. The maximum Gasteiger partial charge on any atom is 0.263 e. The van der Waals surface area contributed by atoms with Gasteiger partial charge in [-0.2, -0.15) is 0 Å². The van der Waals surface area contributed by atoms with Crippen molar-refractivity contribution in [3.05, 3.63) is 87.9 Å². The molecule has 1 amide bonds. The molecule has 0 bridgehead atoms. The van der Waals surface area contributed by atoms with E-state index in [9.17, 15) is 13.2 Å². The van der Waals surface area contributed by atoms with Crippen LogP contribution in [0, 0.1) is 20.8 Å². The molecule has 0 aliphatic carbocycles. The zero-order valence-electron chi connectivity index (χ0n) is 18.6. The van der Waals surface area contributed by atoms with E-state index in [1.54, 1.807) is 6.07 Å². The van der Waals surface area contributed by atoms with Gasteiger partial charge >= 0.3 is 0 Å². The van der Waals surface area contributed by atoms with Gasteiger partial charge in [-0.25, -0.2) is 8.42 Å². The smallest absolute Gasteiger partial charge is 0.263 e. The maximum atomic E-state index is 13.0. The van der Waals surface area contributed by atoms with E-state index in [1.165, 1.54) is 29.5 Å². The Morgan fingerprint density at radius 2 is 1.62 bits per heavy atom. The summed E-state index contributed by atoms with van der Waals surface area (Å²) in [5.74, 6) is -0.522. The molecule has 2 N–H and O–H groups in total. The fourth-order valence-corrected chi connectivity index (χ4v) is 5.64. The van der Waals surface area contributed by atoms with Crippen LogP contribution in [0.3, 0.4) is 0 Å². The molecule has 0 saturated heterocycles. The Labute approximate surface area is 206 Å². The highest BCUT2D eigenvalue weighted by Crippen LogP contribution is 2.29. The standard InChI is InChI=1S/C24H21ClN4O3S2/c1-14-4-7-17(8-5-14)23-27-28-24(33-23)26-22(30)18-9-10-19(25)21(13-18)34(31,32)29-20-11-6-15(2)12-16(20)3/h4-13,29H,1-3H3,(H,26,28,30). The molecule has 4 rings (SSSR count). The van der Waals surface area contributed by atoms with Gasteiger partial charge in [-0.3, -0.25) is 14.8 Å². The summed E-state index contributed by atoms with van der Waals surface area (Å²) in [4.78, 5) is 12.6. The Morgan fingerprint density at radius 1 is 0.912 bits per heavy atom. The van der Waals surface area contributed by atoms with Gasteiger partial charge in [0.05, 0.1) is 10.7 Å². The molecule has 0 saturated carbocycles. The lowest BCUT2D eigenvalue weighted by Gasteiger charge is -2.13. The van der Waals surface area contributed by atoms with E-state index in [4.69, 9.17) is 11.6 Å². The topological polar surface area (TPSA) is 101 Å². The molecule has 1 aromatic heterocycles. The molecule has 0 spiro atoms. The second kappa shape index (κ2) is 9.54. The van der Waals surface area contributed by atoms with Gasteiger partial charge in [0.25, 0.3) is 15.9 Å². The summed E-state index contributed by atoms with van der Waals surface area (Å²) < 4.78 is 28.6. The third-order valence-corrected chi connectivity index (χ3v) is 7.79. The Hall–Kier alpha value is -3.27. The lowest BCUT2D eigenvalue weighted by Crippen LogP contribution is -2.17. The highest BCUT2D eigenvalue weighted by molar-refractivity contribution is 7.92. The van der Waals surface area contributed by atoms with E-state index in [2.05, 4.69) is 20.2 Å². The number of benzene rings is 3. The number of sulfonamides is 1. The van der Waals surface area contributed by atoms with Crippen molar-refractivity contribution in [2.45, 2.75) is 25.7 Å². The molecule has 34 heavy (non-hydrogen) atoms. The van der Waals surface area contributed by atoms with E-state index in [-0.39, 0.29) is 15.5 Å². The molecule has 0 aliphatic rings. The number of nitrogens with zero attached hydrogens (tertiary/aromatic N) is 2. The average molecular weight is 513 g/mol. The van der Waals surface area contributed by atoms with Crippen LogP contribution >= 0.6 is 22.9 Å². The molecule has 3 aromatic carbocycles. The zero-order valence-corrected chi connectivity index (χ0v) is 21.0. The van der Waals surface area contributed by atoms with Crippen LogP contribution in [0.25, 0.3) is 10.6 Å². The van der Waals surface area contributed by atoms with Gasteiger partial charge in [0.2, 0.25) is 5.13 Å². The normalized spacial score (nSPS) is 11.3. The predicted molar refractivity (Wildman–Crippen MR) is 136 cm³/mol. The van der Waals surface area contributed by atoms with Gasteiger partial charge in [0, 0.05) is 11.1 Å². The number of aromatic nitrogens is 2. The maximum absolute atomic E-state index is 13.0. The van der Waals surface area contributed by atoms with E-state index >= 15 is 0 Å². The number of amides is 1. The lowest BCUT2D eigenvalue weighted by molar-refractivity contribution is 0.102. The zero-order chi connectivity index (χ0) is 24.5. The predicted octanol–water partition coefficient (Wildman–Crippen LogP) is 5.84. The first-order valence-electron chi connectivity index (χ1n) is 10.2. The molecule has 1 heterocycles. The molecule has 0 radical (unpaired) electrons. The molecule has 0 aliphatic heterocycles. The summed E-state index contributed by atoms with van der Waals surface area (Å²) in [6, 6.07) is 17.2. The monoisotopic (exact) mass is 512 g/mol. The molecular formula is C24H21ClN4O3S2. The number of rotatable bonds is 6. The second-order valence-electron chi connectivity index (χ2n) is 7.80. The number of anilines is 2. The molecule has 174 valence electrons. The van der Waals surface area contributed by atoms with Crippen molar-refractivity contribution in [1.82, 2.24) is 10.2 Å². The fraction of sp³-hybridized carbons (Fsp3) is 0.125. The first-order chi connectivity index (χ1) is 16.1. The van der Waals surface area contributed by atoms with Gasteiger partial charge in [0.15, 0.2) is 0 Å². The third-order valence-electron chi connectivity index (χ3n) is 5.05. The van der Waals surface area contributed by atoms with Gasteiger partial charge in [-0.15, -0.1) is 10.2 Å². The number of carbonyl (C=O) groups excluding carboxylic acids is 1. The highest BCUT2D eigenvalue weighted by Gasteiger charge is 2.22. The van der Waals surface area contributed by atoms with Gasteiger partial charge < -0.3 is 0 Å². The summed E-state index contributed by atoms with van der Waals surface area (Å²) in [5, 5.41) is 11.8. The molecule has 0 unspecified atom stereocenters. The third kappa shape index (κ3) is 5.27. The molecule has 0 fully saturated rings. The second-order valence-corrected chi connectivity index (χ2v) is 10.8. The summed E-state index contributed by atoms with van der Waals surface area (Å²) in [6.07, 6.45) is 0. The number of nitrogens with one attached hydrogen (secondary N) is 2. The first-order valence-corrected chi connectivity index (χ1v) is 12.9. The van der Waals surface area contributed by atoms with Crippen molar-refractivity contribution < 1.29 is 13.2 Å². The van der Waals surface area contributed by atoms with E-state index in [0.717, 1.165) is 22.3 Å². The van der Waals surface area contributed by atoms with Crippen molar-refractivity contribution in [3.63, 3.8) is 0 Å². The molecule has 7 nitrogen and oxygen atoms in total. The van der Waals surface area contributed by atoms with Crippen molar-refractivity contribution in [2.24, 2.45) is 0 Å². The van der Waals surface area contributed by atoms with E-state index in [1.807, 2.05) is 57.2 Å². The fourth-order valence-electron chi connectivity index (χ4n) is 3.23. The lowest BCUT2D eigenvalue weighted by atomic mass is 10.1. The Balaban J connectivity index is 1.55. The number of carbonyl (C=O) groups is 1. The van der Waals surface area contributed by atoms with E-state index in [0.29, 0.717) is 15.8 Å². The highest BCUT2D eigenvalue weighted by atomic mass is 35.5. The quantitative estimate of drug-likeness (QED) is 0.338. The van der Waals surface area contributed by atoms with Crippen molar-refractivity contribution in [3.8, 4) is 10.6 Å². The Kier molecular flexibility index (Phi) is 6.70. The summed E-state index contributed by atoms with van der Waals surface area (Å²) >= 11 is 7.41. The van der Waals surface area contributed by atoms with Crippen LogP contribution in [0.15, 0.2) is 65.6 Å². The van der Waals surface area contributed by atoms with Crippen LogP contribution in [-0.4, -0.2) is 24.5 Å². The summed E-state index contributed by atoms with van der Waals surface area (Å²) in [5.41, 5.74) is 4.36. The molecule has 4 aromatic rings. The number of aryl methyl sites for hydroxylation is 3. The number of halogens is 1. The molecule has 0 atom stereocenters. The van der Waals surface area contributed by atoms with Gasteiger partial charge in [-0.05, 0) is 50.6 Å². The minimum atomic E-state index is -4.03. The minimum absolute atomic E-state index is 0.00591. The van der Waals surface area contributed by atoms with Crippen LogP contribution < -0.4 is 10.0 Å². The molecular weight excluding hydrogens is 492 g/mol. The SMILES string of the molecule is Cc1ccc(-c2nnc(NC(=O)c3ccc(Cl)c(S(=O)(=O)Nc4ccc(C)cc4C)c3)s2)cc1. The van der Waals surface area contributed by atoms with Gasteiger partial charge in [-0.1, -0.05) is 70.5 Å². The minimum Gasteiger partial charge on any atom is -0.296 e. The summed E-state index contributed by atoms with van der Waals surface area (Å²) in [7, 11) is -4.03. The van der Waals surface area contributed by atoms with Crippen LogP contribution in [0.1, 0.15) is 27.0 Å². The van der Waals surface area contributed by atoms with Crippen LogP contribution in [-0.2, 0) is 10.0 Å². The van der Waals surface area contributed by atoms with Crippen LogP contribution in [0.5, 0.6) is 0 Å².